The summed E-state index contributed by atoms with van der Waals surface area (Å²) in [6.07, 6.45) is 2.22. The highest BCUT2D eigenvalue weighted by molar-refractivity contribution is 5.77. The molecule has 1 aromatic carbocycles. The van der Waals surface area contributed by atoms with Crippen LogP contribution in [0.1, 0.15) is 37.8 Å². The van der Waals surface area contributed by atoms with Gasteiger partial charge in [-0.05, 0) is 25.8 Å². The summed E-state index contributed by atoms with van der Waals surface area (Å²) in [5.74, 6) is 1.48. The van der Waals surface area contributed by atoms with Crippen LogP contribution in [0.15, 0.2) is 18.2 Å². The number of rotatable bonds is 4. The summed E-state index contributed by atoms with van der Waals surface area (Å²) in [5.41, 5.74) is 7.28. The predicted octanol–water partition coefficient (Wildman–Crippen LogP) is 2.10. The zero-order valence-electron chi connectivity index (χ0n) is 13.0. The van der Waals surface area contributed by atoms with E-state index in [0.29, 0.717) is 24.5 Å². The smallest absolute Gasteiger partial charge is 0.223 e. The zero-order chi connectivity index (χ0) is 15.4. The van der Waals surface area contributed by atoms with E-state index >= 15 is 0 Å². The van der Waals surface area contributed by atoms with Crippen molar-refractivity contribution in [2.24, 2.45) is 5.73 Å². The molecule has 1 fully saturated rings. The van der Waals surface area contributed by atoms with Gasteiger partial charge in [0.05, 0.1) is 20.3 Å². The van der Waals surface area contributed by atoms with Crippen LogP contribution in [-0.4, -0.2) is 37.6 Å². The van der Waals surface area contributed by atoms with Crippen LogP contribution < -0.4 is 15.2 Å². The van der Waals surface area contributed by atoms with Gasteiger partial charge in [0.2, 0.25) is 5.91 Å². The number of nitrogens with two attached hydrogens (primary N) is 1. The maximum Gasteiger partial charge on any atom is 0.223 e. The van der Waals surface area contributed by atoms with Crippen LogP contribution in [0.4, 0.5) is 0 Å². The topological polar surface area (TPSA) is 64.8 Å². The zero-order valence-corrected chi connectivity index (χ0v) is 13.0. The number of likely N-dealkylation sites (N-methyl/N-ethyl adjacent to an activating group) is 1. The van der Waals surface area contributed by atoms with Crippen LogP contribution in [0.25, 0.3) is 0 Å². The molecule has 0 aromatic heterocycles. The molecule has 0 aliphatic carbocycles. The number of hydrogen-bond donors (Lipinski definition) is 1. The average molecular weight is 292 g/mol. The molecule has 1 aromatic rings. The van der Waals surface area contributed by atoms with Gasteiger partial charge >= 0.3 is 0 Å². The molecule has 2 N–H and O–H groups in total. The summed E-state index contributed by atoms with van der Waals surface area (Å²) < 4.78 is 10.9. The number of ether oxygens (including phenoxy) is 2. The molecule has 0 spiro atoms. The van der Waals surface area contributed by atoms with Crippen LogP contribution in [0.5, 0.6) is 11.5 Å². The van der Waals surface area contributed by atoms with Crippen molar-refractivity contribution in [2.45, 2.75) is 38.3 Å². The molecule has 116 valence electrons. The summed E-state index contributed by atoms with van der Waals surface area (Å²) in [7, 11) is 3.22. The number of para-hydroxylation sites is 1. The number of likely N-dealkylation sites (tertiary alicyclic amines) is 1. The van der Waals surface area contributed by atoms with E-state index in [0.717, 1.165) is 18.4 Å². The van der Waals surface area contributed by atoms with E-state index in [1.807, 2.05) is 30.0 Å². The first-order valence-electron chi connectivity index (χ1n) is 7.40. The fourth-order valence-corrected chi connectivity index (χ4v) is 3.09. The molecule has 2 rings (SSSR count). The van der Waals surface area contributed by atoms with Gasteiger partial charge in [-0.25, -0.2) is 0 Å². The Labute approximate surface area is 126 Å². The molecular formula is C16H24N2O3. The number of hydrogen-bond acceptors (Lipinski definition) is 4. The average Bonchev–Trinajstić information content (AvgIpc) is 2.64. The Balaban J connectivity index is 2.52. The summed E-state index contributed by atoms with van der Waals surface area (Å²) in [4.78, 5) is 14.2. The number of carbonyl (C=O) groups is 1. The van der Waals surface area contributed by atoms with Crippen LogP contribution in [-0.2, 0) is 4.79 Å². The van der Waals surface area contributed by atoms with Crippen molar-refractivity contribution in [3.05, 3.63) is 23.8 Å². The van der Waals surface area contributed by atoms with Crippen molar-refractivity contribution in [3.63, 3.8) is 0 Å². The third-order valence-corrected chi connectivity index (χ3v) is 4.08. The van der Waals surface area contributed by atoms with Gasteiger partial charge < -0.3 is 20.1 Å². The Hall–Kier alpha value is -1.75. The summed E-state index contributed by atoms with van der Waals surface area (Å²) in [5, 5.41) is 0. The molecule has 1 aliphatic heterocycles. The Kier molecular flexibility index (Phi) is 5.07. The molecule has 0 saturated carbocycles. The van der Waals surface area contributed by atoms with Crippen molar-refractivity contribution >= 4 is 5.91 Å². The van der Waals surface area contributed by atoms with Gasteiger partial charge in [0, 0.05) is 24.6 Å². The summed E-state index contributed by atoms with van der Waals surface area (Å²) >= 11 is 0. The van der Waals surface area contributed by atoms with E-state index < -0.39 is 0 Å². The molecule has 2 unspecified atom stereocenters. The second kappa shape index (κ2) is 6.80. The minimum atomic E-state index is -0.171. The van der Waals surface area contributed by atoms with Gasteiger partial charge in [0.25, 0.3) is 0 Å². The van der Waals surface area contributed by atoms with Crippen LogP contribution >= 0.6 is 0 Å². The monoisotopic (exact) mass is 292 g/mol. The van der Waals surface area contributed by atoms with Crippen LogP contribution in [0.2, 0.25) is 0 Å². The lowest BCUT2D eigenvalue weighted by Gasteiger charge is -2.34. The largest absolute Gasteiger partial charge is 0.493 e. The molecule has 1 heterocycles. The van der Waals surface area contributed by atoms with Gasteiger partial charge in [-0.15, -0.1) is 0 Å². The first-order chi connectivity index (χ1) is 10.1. The third-order valence-electron chi connectivity index (χ3n) is 4.08. The molecule has 1 saturated heterocycles. The predicted molar refractivity (Wildman–Crippen MR) is 81.5 cm³/mol. The van der Waals surface area contributed by atoms with Crippen molar-refractivity contribution in [2.75, 3.05) is 20.8 Å². The van der Waals surface area contributed by atoms with Crippen molar-refractivity contribution in [1.29, 1.82) is 0 Å². The van der Waals surface area contributed by atoms with E-state index in [1.54, 1.807) is 14.2 Å². The van der Waals surface area contributed by atoms with E-state index in [-0.39, 0.29) is 18.0 Å². The molecule has 21 heavy (non-hydrogen) atoms. The van der Waals surface area contributed by atoms with Crippen LogP contribution in [0, 0.1) is 0 Å². The quantitative estimate of drug-likeness (QED) is 0.923. The van der Waals surface area contributed by atoms with Gasteiger partial charge in [-0.2, -0.15) is 0 Å². The standard InChI is InChI=1S/C16H24N2O3/c1-4-18-14(19)10-6-8-12(17)15(18)11-7-5-9-13(20-2)16(11)21-3/h5,7,9,12,15H,4,6,8,10,17H2,1-3H3. The van der Waals surface area contributed by atoms with E-state index in [2.05, 4.69) is 0 Å². The lowest BCUT2D eigenvalue weighted by atomic mass is 9.95. The minimum Gasteiger partial charge on any atom is -0.493 e. The van der Waals surface area contributed by atoms with Crippen molar-refractivity contribution in [3.8, 4) is 11.5 Å². The maximum absolute atomic E-state index is 12.3. The fraction of sp³-hybridized carbons (Fsp3) is 0.562. The molecule has 1 aliphatic rings. The van der Waals surface area contributed by atoms with E-state index in [4.69, 9.17) is 15.2 Å². The van der Waals surface area contributed by atoms with E-state index in [1.165, 1.54) is 0 Å². The highest BCUT2D eigenvalue weighted by Gasteiger charge is 2.34. The first kappa shape index (κ1) is 15.6. The molecule has 0 radical (unpaired) electrons. The normalized spacial score (nSPS) is 22.9. The number of amides is 1. The first-order valence-corrected chi connectivity index (χ1v) is 7.40. The lowest BCUT2D eigenvalue weighted by molar-refractivity contribution is -0.133. The number of methoxy groups -OCH3 is 2. The third kappa shape index (κ3) is 2.97. The Morgan fingerprint density at radius 3 is 2.71 bits per heavy atom. The molecule has 1 amide bonds. The maximum atomic E-state index is 12.3. The number of benzene rings is 1. The minimum absolute atomic E-state index is 0.0996. The molecular weight excluding hydrogens is 268 g/mol. The summed E-state index contributed by atoms with van der Waals surface area (Å²) in [6.45, 7) is 2.62. The Morgan fingerprint density at radius 2 is 2.10 bits per heavy atom. The van der Waals surface area contributed by atoms with Gasteiger partial charge in [0.1, 0.15) is 0 Å². The van der Waals surface area contributed by atoms with Crippen LogP contribution in [0.3, 0.4) is 0 Å². The molecule has 5 nitrogen and oxygen atoms in total. The SMILES string of the molecule is CCN1C(=O)CCCC(N)C1c1cccc(OC)c1OC. The van der Waals surface area contributed by atoms with Gasteiger partial charge in [-0.1, -0.05) is 12.1 Å². The van der Waals surface area contributed by atoms with Crippen molar-refractivity contribution < 1.29 is 14.3 Å². The number of carbonyl (C=O) groups excluding carboxylic acids is 1. The Bertz CT molecular complexity index is 504. The fourth-order valence-electron chi connectivity index (χ4n) is 3.09. The molecule has 5 heteroatoms. The molecule has 2 atom stereocenters. The van der Waals surface area contributed by atoms with Crippen molar-refractivity contribution in [1.82, 2.24) is 4.90 Å². The van der Waals surface area contributed by atoms with E-state index in [9.17, 15) is 4.79 Å². The number of nitrogens with zero attached hydrogens (tertiary/aromatic N) is 1. The second-order valence-corrected chi connectivity index (χ2v) is 5.26. The second-order valence-electron chi connectivity index (χ2n) is 5.26. The molecule has 0 bridgehead atoms. The van der Waals surface area contributed by atoms with Gasteiger partial charge in [0.15, 0.2) is 11.5 Å². The Morgan fingerprint density at radius 1 is 1.33 bits per heavy atom. The summed E-state index contributed by atoms with van der Waals surface area (Å²) in [6, 6.07) is 5.45. The highest BCUT2D eigenvalue weighted by Crippen LogP contribution is 2.40. The highest BCUT2D eigenvalue weighted by atomic mass is 16.5. The lowest BCUT2D eigenvalue weighted by Crippen LogP contribution is -2.42. The van der Waals surface area contributed by atoms with Gasteiger partial charge in [-0.3, -0.25) is 4.79 Å².